The molecule has 0 unspecified atom stereocenters. The molecule has 2 rings (SSSR count). The van der Waals surface area contributed by atoms with Crippen LogP contribution in [0.15, 0.2) is 12.1 Å². The third-order valence-corrected chi connectivity index (χ3v) is 3.98. The van der Waals surface area contributed by atoms with Gasteiger partial charge in [0.05, 0.1) is 28.6 Å². The lowest BCUT2D eigenvalue weighted by Gasteiger charge is -2.36. The van der Waals surface area contributed by atoms with Crippen LogP contribution in [0.2, 0.25) is 5.02 Å². The Balaban J connectivity index is 2.33. The zero-order valence-electron chi connectivity index (χ0n) is 12.0. The summed E-state index contributed by atoms with van der Waals surface area (Å²) in [4.78, 5) is 14.0. The van der Waals surface area contributed by atoms with Crippen LogP contribution < -0.4 is 10.6 Å². The van der Waals surface area contributed by atoms with Crippen LogP contribution in [0.1, 0.15) is 43.5 Å². The van der Waals surface area contributed by atoms with Crippen molar-refractivity contribution < 1.29 is 9.53 Å². The number of nitrogens with zero attached hydrogens (tertiary/aromatic N) is 1. The van der Waals surface area contributed by atoms with E-state index in [1.54, 1.807) is 19.1 Å². The SMILES string of the molecule is CCOC(=O)c1cc(N)c(N2CCCC[C@H]2C)c(Cl)c1. The Morgan fingerprint density at radius 2 is 2.25 bits per heavy atom. The molecule has 1 heterocycles. The van der Waals surface area contributed by atoms with Crippen molar-refractivity contribution in [2.45, 2.75) is 39.2 Å². The zero-order valence-corrected chi connectivity index (χ0v) is 12.7. The van der Waals surface area contributed by atoms with Crippen molar-refractivity contribution in [1.82, 2.24) is 0 Å². The van der Waals surface area contributed by atoms with Gasteiger partial charge >= 0.3 is 5.97 Å². The normalized spacial score (nSPS) is 18.9. The van der Waals surface area contributed by atoms with Crippen LogP contribution in [0.3, 0.4) is 0 Å². The van der Waals surface area contributed by atoms with Gasteiger partial charge in [-0.3, -0.25) is 0 Å². The first-order valence-electron chi connectivity index (χ1n) is 7.07. The fraction of sp³-hybridized carbons (Fsp3) is 0.533. The third-order valence-electron chi connectivity index (χ3n) is 3.69. The largest absolute Gasteiger partial charge is 0.462 e. The summed E-state index contributed by atoms with van der Waals surface area (Å²) >= 11 is 6.35. The number of carbonyl (C=O) groups excluding carboxylic acids is 1. The quantitative estimate of drug-likeness (QED) is 0.685. The van der Waals surface area contributed by atoms with Crippen molar-refractivity contribution in [3.63, 3.8) is 0 Å². The van der Waals surface area contributed by atoms with Gasteiger partial charge in [-0.25, -0.2) is 4.79 Å². The van der Waals surface area contributed by atoms with E-state index >= 15 is 0 Å². The predicted octanol–water partition coefficient (Wildman–Crippen LogP) is 3.48. The number of halogens is 1. The lowest BCUT2D eigenvalue weighted by Crippen LogP contribution is -2.38. The first-order valence-corrected chi connectivity index (χ1v) is 7.45. The van der Waals surface area contributed by atoms with Crippen LogP contribution in [0.25, 0.3) is 0 Å². The van der Waals surface area contributed by atoms with E-state index in [1.807, 2.05) is 0 Å². The van der Waals surface area contributed by atoms with E-state index in [0.717, 1.165) is 25.1 Å². The summed E-state index contributed by atoms with van der Waals surface area (Å²) in [5, 5.41) is 0.516. The first kappa shape index (κ1) is 15.0. The van der Waals surface area contributed by atoms with Crippen molar-refractivity contribution >= 4 is 28.9 Å². The number of hydrogen-bond acceptors (Lipinski definition) is 4. The molecule has 110 valence electrons. The maximum Gasteiger partial charge on any atom is 0.338 e. The molecule has 2 N–H and O–H groups in total. The van der Waals surface area contributed by atoms with Crippen molar-refractivity contribution in [2.24, 2.45) is 0 Å². The number of benzene rings is 1. The second-order valence-electron chi connectivity index (χ2n) is 5.15. The molecular formula is C15H21ClN2O2. The first-order chi connectivity index (χ1) is 9.54. The molecule has 5 heteroatoms. The summed E-state index contributed by atoms with van der Waals surface area (Å²) in [5.41, 5.74) is 7.90. The minimum absolute atomic E-state index is 0.335. The molecule has 1 aliphatic heterocycles. The number of anilines is 2. The molecule has 0 radical (unpaired) electrons. The smallest absolute Gasteiger partial charge is 0.338 e. The van der Waals surface area contributed by atoms with Gasteiger partial charge in [0, 0.05) is 12.6 Å². The summed E-state index contributed by atoms with van der Waals surface area (Å²) in [6.07, 6.45) is 3.51. The van der Waals surface area contributed by atoms with Gasteiger partial charge in [0.2, 0.25) is 0 Å². The molecule has 0 aromatic heterocycles. The Labute approximate surface area is 124 Å². The second-order valence-corrected chi connectivity index (χ2v) is 5.56. The Hall–Kier alpha value is -1.42. The van der Waals surface area contributed by atoms with Crippen molar-refractivity contribution in [3.8, 4) is 0 Å². The number of nitrogens with two attached hydrogens (primary N) is 1. The Bertz CT molecular complexity index is 482. The van der Waals surface area contributed by atoms with Gasteiger partial charge in [0.1, 0.15) is 0 Å². The minimum Gasteiger partial charge on any atom is -0.462 e. The number of piperidine rings is 1. The number of carbonyl (C=O) groups is 1. The number of nitrogen functional groups attached to an aromatic ring is 1. The fourth-order valence-corrected chi connectivity index (χ4v) is 3.02. The molecule has 1 fully saturated rings. The van der Waals surface area contributed by atoms with E-state index in [4.69, 9.17) is 22.1 Å². The van der Waals surface area contributed by atoms with Crippen LogP contribution in [0.4, 0.5) is 11.4 Å². The predicted molar refractivity (Wildman–Crippen MR) is 82.5 cm³/mol. The van der Waals surface area contributed by atoms with Crippen LogP contribution in [0.5, 0.6) is 0 Å². The Morgan fingerprint density at radius 3 is 2.85 bits per heavy atom. The van der Waals surface area contributed by atoms with Crippen molar-refractivity contribution in [3.05, 3.63) is 22.7 Å². The average Bonchev–Trinajstić information content (AvgIpc) is 2.40. The zero-order chi connectivity index (χ0) is 14.7. The third kappa shape index (κ3) is 3.01. The van der Waals surface area contributed by atoms with Crippen molar-refractivity contribution in [1.29, 1.82) is 0 Å². The molecule has 0 spiro atoms. The highest BCUT2D eigenvalue weighted by Gasteiger charge is 2.24. The lowest BCUT2D eigenvalue weighted by molar-refractivity contribution is 0.0526. The molecule has 0 saturated carbocycles. The molecule has 1 aromatic rings. The van der Waals surface area contributed by atoms with Crippen LogP contribution in [-0.2, 0) is 4.74 Å². The second kappa shape index (κ2) is 6.35. The highest BCUT2D eigenvalue weighted by molar-refractivity contribution is 6.34. The fourth-order valence-electron chi connectivity index (χ4n) is 2.69. The van der Waals surface area contributed by atoms with E-state index in [1.165, 1.54) is 6.42 Å². The monoisotopic (exact) mass is 296 g/mol. The van der Waals surface area contributed by atoms with E-state index in [0.29, 0.717) is 28.9 Å². The topological polar surface area (TPSA) is 55.6 Å². The highest BCUT2D eigenvalue weighted by atomic mass is 35.5. The number of rotatable bonds is 3. The molecule has 1 atom stereocenters. The van der Waals surface area contributed by atoms with E-state index in [9.17, 15) is 4.79 Å². The summed E-state index contributed by atoms with van der Waals surface area (Å²) in [6.45, 7) is 5.23. The van der Waals surface area contributed by atoms with E-state index in [2.05, 4.69) is 11.8 Å². The molecule has 0 aliphatic carbocycles. The summed E-state index contributed by atoms with van der Waals surface area (Å²) in [5.74, 6) is -0.389. The lowest BCUT2D eigenvalue weighted by atomic mass is 10.0. The molecule has 1 aliphatic rings. The maximum atomic E-state index is 11.8. The van der Waals surface area contributed by atoms with Gasteiger partial charge in [0.25, 0.3) is 0 Å². The highest BCUT2D eigenvalue weighted by Crippen LogP contribution is 2.37. The Kier molecular flexibility index (Phi) is 4.76. The standard InChI is InChI=1S/C15H21ClN2O2/c1-3-20-15(19)11-8-12(16)14(13(17)9-11)18-7-5-4-6-10(18)2/h8-10H,3-7,17H2,1-2H3/t10-/m1/s1. The molecule has 0 amide bonds. The number of esters is 1. The molecule has 0 bridgehead atoms. The number of hydrogen-bond donors (Lipinski definition) is 1. The van der Waals surface area contributed by atoms with E-state index < -0.39 is 0 Å². The van der Waals surface area contributed by atoms with Gasteiger partial charge < -0.3 is 15.4 Å². The molecule has 1 saturated heterocycles. The van der Waals surface area contributed by atoms with Gasteiger partial charge in [-0.1, -0.05) is 11.6 Å². The van der Waals surface area contributed by atoms with Crippen LogP contribution >= 0.6 is 11.6 Å². The molecule has 1 aromatic carbocycles. The molecule has 4 nitrogen and oxygen atoms in total. The van der Waals surface area contributed by atoms with Crippen molar-refractivity contribution in [2.75, 3.05) is 23.8 Å². The van der Waals surface area contributed by atoms with Crippen LogP contribution in [0, 0.1) is 0 Å². The molecule has 20 heavy (non-hydrogen) atoms. The molecular weight excluding hydrogens is 276 g/mol. The average molecular weight is 297 g/mol. The number of ether oxygens (including phenoxy) is 1. The van der Waals surface area contributed by atoms with Gasteiger partial charge in [-0.15, -0.1) is 0 Å². The summed E-state index contributed by atoms with van der Waals surface area (Å²) in [7, 11) is 0. The van der Waals surface area contributed by atoms with Gasteiger partial charge in [-0.2, -0.15) is 0 Å². The summed E-state index contributed by atoms with van der Waals surface area (Å²) in [6, 6.07) is 3.71. The minimum atomic E-state index is -0.389. The maximum absolute atomic E-state index is 11.8. The van der Waals surface area contributed by atoms with Gasteiger partial charge in [-0.05, 0) is 45.2 Å². The Morgan fingerprint density at radius 1 is 1.50 bits per heavy atom. The van der Waals surface area contributed by atoms with Gasteiger partial charge in [0.15, 0.2) is 0 Å². The van der Waals surface area contributed by atoms with E-state index in [-0.39, 0.29) is 5.97 Å². The summed E-state index contributed by atoms with van der Waals surface area (Å²) < 4.78 is 4.98. The van der Waals surface area contributed by atoms with Crippen LogP contribution in [-0.4, -0.2) is 25.2 Å².